The van der Waals surface area contributed by atoms with Gasteiger partial charge < -0.3 is 5.32 Å². The first-order chi connectivity index (χ1) is 9.47. The first kappa shape index (κ1) is 14.2. The maximum Gasteiger partial charge on any atom is 0.251 e. The fraction of sp³-hybridized carbons (Fsp3) is 0.400. The molecular weight excluding hydrogens is 256 g/mol. The van der Waals surface area contributed by atoms with Crippen LogP contribution in [-0.4, -0.2) is 23.8 Å². The summed E-state index contributed by atoms with van der Waals surface area (Å²) in [6.07, 6.45) is 0.600. The third-order valence-corrected chi connectivity index (χ3v) is 3.36. The van der Waals surface area contributed by atoms with E-state index in [1.165, 1.54) is 0 Å². The molecule has 0 spiro atoms. The molecule has 1 aliphatic rings. The molecule has 110 valence electrons. The van der Waals surface area contributed by atoms with Crippen molar-refractivity contribution in [3.05, 3.63) is 35.4 Å². The average molecular weight is 278 g/mol. The summed E-state index contributed by atoms with van der Waals surface area (Å²) in [5.74, 6) is -0.683. The summed E-state index contributed by atoms with van der Waals surface area (Å²) in [7, 11) is 0. The molecule has 0 aliphatic carbocycles. The minimum absolute atomic E-state index is 0. The number of imide groups is 1. The number of rotatable bonds is 3. The number of hydrogen-bond donors (Lipinski definition) is 2. The fourth-order valence-electron chi connectivity index (χ4n) is 2.11. The molecule has 1 aromatic carbocycles. The summed E-state index contributed by atoms with van der Waals surface area (Å²) in [6.45, 7) is 4.11. The van der Waals surface area contributed by atoms with Gasteiger partial charge in [0.2, 0.25) is 11.8 Å². The number of benzene rings is 1. The number of nitrogens with one attached hydrogen (secondary N) is 2. The van der Waals surface area contributed by atoms with Crippen molar-refractivity contribution in [3.8, 4) is 0 Å². The van der Waals surface area contributed by atoms with E-state index in [1.54, 1.807) is 6.07 Å². The van der Waals surface area contributed by atoms with E-state index in [1.807, 2.05) is 18.2 Å². The smallest absolute Gasteiger partial charge is 0.251 e. The molecule has 3 amide bonds. The highest BCUT2D eigenvalue weighted by Crippen LogP contribution is 2.16. The minimum atomic E-state index is -0.636. The Morgan fingerprint density at radius 1 is 1.40 bits per heavy atom. The molecule has 1 saturated heterocycles. The second-order valence-corrected chi connectivity index (χ2v) is 5.26. The lowest BCUT2D eigenvalue weighted by atomic mass is 10.00. The van der Waals surface area contributed by atoms with Crippen LogP contribution in [0.5, 0.6) is 0 Å². The zero-order chi connectivity index (χ0) is 14.7. The molecule has 0 bridgehead atoms. The van der Waals surface area contributed by atoms with Crippen molar-refractivity contribution in [2.45, 2.75) is 38.6 Å². The van der Waals surface area contributed by atoms with Gasteiger partial charge in [-0.25, -0.2) is 0 Å². The van der Waals surface area contributed by atoms with Gasteiger partial charge in [0.1, 0.15) is 6.04 Å². The van der Waals surface area contributed by atoms with Gasteiger partial charge in [-0.3, -0.25) is 19.7 Å². The zero-order valence-electron chi connectivity index (χ0n) is 11.6. The van der Waals surface area contributed by atoms with Gasteiger partial charge in [-0.2, -0.15) is 0 Å². The molecule has 1 aromatic rings. The molecule has 2 rings (SSSR count). The van der Waals surface area contributed by atoms with Gasteiger partial charge in [-0.15, -0.1) is 0 Å². The van der Waals surface area contributed by atoms with E-state index in [-0.39, 0.29) is 21.1 Å². The van der Waals surface area contributed by atoms with E-state index in [2.05, 4.69) is 24.5 Å². The number of carbonyl (C=O) groups excluding carboxylic acids is 3. The van der Waals surface area contributed by atoms with Crippen LogP contribution in [0.25, 0.3) is 0 Å². The quantitative estimate of drug-likeness (QED) is 0.828. The van der Waals surface area contributed by atoms with E-state index in [0.717, 1.165) is 5.56 Å². The van der Waals surface area contributed by atoms with Crippen molar-refractivity contribution < 1.29 is 17.2 Å². The SMILES string of the molecule is CC(C)c1cccc(C(=O)NC2CCC(=O)NC2=O)c1.[HH].[HH]. The van der Waals surface area contributed by atoms with Crippen LogP contribution >= 0.6 is 0 Å². The van der Waals surface area contributed by atoms with Crippen molar-refractivity contribution in [1.82, 2.24) is 10.6 Å². The predicted molar refractivity (Wildman–Crippen MR) is 78.4 cm³/mol. The highest BCUT2D eigenvalue weighted by molar-refractivity contribution is 6.03. The van der Waals surface area contributed by atoms with E-state index < -0.39 is 11.9 Å². The molecule has 0 saturated carbocycles. The van der Waals surface area contributed by atoms with E-state index in [9.17, 15) is 14.4 Å². The second kappa shape index (κ2) is 5.86. The maximum atomic E-state index is 12.1. The standard InChI is InChI=1S/C15H18N2O3.2H2/c1-9(2)10-4-3-5-11(8-10)14(19)16-12-6-7-13(18)17-15(12)20;;/h3-5,8-9,12H,6-7H2,1-2H3,(H,16,19)(H,17,18,20);2*1H. The Hall–Kier alpha value is -2.17. The van der Waals surface area contributed by atoms with Crippen LogP contribution in [0.4, 0.5) is 0 Å². The minimum Gasteiger partial charge on any atom is -0.340 e. The van der Waals surface area contributed by atoms with E-state index >= 15 is 0 Å². The Kier molecular flexibility index (Phi) is 4.17. The van der Waals surface area contributed by atoms with Crippen molar-refractivity contribution >= 4 is 17.7 Å². The topological polar surface area (TPSA) is 75.3 Å². The van der Waals surface area contributed by atoms with Gasteiger partial charge in [0.05, 0.1) is 0 Å². The maximum absolute atomic E-state index is 12.1. The van der Waals surface area contributed by atoms with Crippen LogP contribution in [0.15, 0.2) is 24.3 Å². The predicted octanol–water partition coefficient (Wildman–Crippen LogP) is 1.84. The van der Waals surface area contributed by atoms with Crippen LogP contribution < -0.4 is 10.6 Å². The van der Waals surface area contributed by atoms with Crippen LogP contribution in [-0.2, 0) is 9.59 Å². The molecule has 1 aliphatic heterocycles. The van der Waals surface area contributed by atoms with E-state index in [4.69, 9.17) is 0 Å². The summed E-state index contributed by atoms with van der Waals surface area (Å²) in [5, 5.41) is 4.89. The summed E-state index contributed by atoms with van der Waals surface area (Å²) in [4.78, 5) is 34.8. The zero-order valence-corrected chi connectivity index (χ0v) is 11.6. The van der Waals surface area contributed by atoms with E-state index in [0.29, 0.717) is 17.9 Å². The van der Waals surface area contributed by atoms with Crippen molar-refractivity contribution in [1.29, 1.82) is 0 Å². The van der Waals surface area contributed by atoms with Gasteiger partial charge in [-0.1, -0.05) is 26.0 Å². The summed E-state index contributed by atoms with van der Waals surface area (Å²) in [6, 6.07) is 6.70. The normalized spacial score (nSPS) is 18.9. The molecule has 1 heterocycles. The Labute approximate surface area is 120 Å². The molecule has 0 aromatic heterocycles. The van der Waals surface area contributed by atoms with Crippen molar-refractivity contribution in [2.24, 2.45) is 0 Å². The first-order valence-corrected chi connectivity index (χ1v) is 6.72. The average Bonchev–Trinajstić information content (AvgIpc) is 2.42. The lowest BCUT2D eigenvalue weighted by Crippen LogP contribution is -2.52. The largest absolute Gasteiger partial charge is 0.340 e. The lowest BCUT2D eigenvalue weighted by molar-refractivity contribution is -0.134. The highest BCUT2D eigenvalue weighted by Gasteiger charge is 2.28. The Morgan fingerprint density at radius 3 is 2.80 bits per heavy atom. The molecule has 5 heteroatoms. The van der Waals surface area contributed by atoms with Crippen LogP contribution in [0, 0.1) is 0 Å². The van der Waals surface area contributed by atoms with Crippen molar-refractivity contribution in [2.75, 3.05) is 0 Å². The lowest BCUT2D eigenvalue weighted by Gasteiger charge is -2.22. The molecular formula is C15H22N2O3. The summed E-state index contributed by atoms with van der Waals surface area (Å²) in [5.41, 5.74) is 1.60. The highest BCUT2D eigenvalue weighted by atomic mass is 16.2. The number of amides is 3. The molecule has 5 nitrogen and oxygen atoms in total. The van der Waals surface area contributed by atoms with Crippen molar-refractivity contribution in [3.63, 3.8) is 0 Å². The molecule has 1 atom stereocenters. The second-order valence-electron chi connectivity index (χ2n) is 5.26. The third-order valence-electron chi connectivity index (χ3n) is 3.36. The Bertz CT molecular complexity index is 561. The number of piperidine rings is 1. The molecule has 20 heavy (non-hydrogen) atoms. The van der Waals surface area contributed by atoms with Gasteiger partial charge in [-0.05, 0) is 30.0 Å². The Morgan fingerprint density at radius 2 is 2.15 bits per heavy atom. The van der Waals surface area contributed by atoms with Gasteiger partial charge in [0.25, 0.3) is 5.91 Å². The molecule has 2 N–H and O–H groups in total. The first-order valence-electron chi connectivity index (χ1n) is 6.72. The summed E-state index contributed by atoms with van der Waals surface area (Å²) < 4.78 is 0. The van der Waals surface area contributed by atoms with Gasteiger partial charge >= 0.3 is 0 Å². The number of carbonyl (C=O) groups is 3. The molecule has 1 fully saturated rings. The van der Waals surface area contributed by atoms with Gasteiger partial charge in [0, 0.05) is 14.8 Å². The third kappa shape index (κ3) is 3.23. The monoisotopic (exact) mass is 278 g/mol. The Balaban J connectivity index is 0.00000220. The summed E-state index contributed by atoms with van der Waals surface area (Å²) >= 11 is 0. The van der Waals surface area contributed by atoms with Crippen LogP contribution in [0.2, 0.25) is 0 Å². The van der Waals surface area contributed by atoms with Gasteiger partial charge in [0.15, 0.2) is 0 Å². The van der Waals surface area contributed by atoms with Crippen LogP contribution in [0.3, 0.4) is 0 Å². The van der Waals surface area contributed by atoms with Crippen LogP contribution in [0.1, 0.15) is 51.4 Å². The fourth-order valence-corrected chi connectivity index (χ4v) is 2.11. The number of hydrogen-bond acceptors (Lipinski definition) is 3. The molecule has 0 radical (unpaired) electrons. The molecule has 1 unspecified atom stereocenters.